The normalized spacial score (nSPS) is 12.7. The largest absolute Gasteiger partial charge is 0.271 e. The molecule has 0 bridgehead atoms. The molecule has 0 saturated carbocycles. The van der Waals surface area contributed by atoms with Crippen molar-refractivity contribution in [1.29, 1.82) is 0 Å². The highest BCUT2D eigenvalue weighted by atomic mass is 15.4. The van der Waals surface area contributed by atoms with E-state index >= 15 is 0 Å². The van der Waals surface area contributed by atoms with Crippen LogP contribution in [0.25, 0.3) is 10.9 Å². The minimum Gasteiger partial charge on any atom is -0.271 e. The van der Waals surface area contributed by atoms with Gasteiger partial charge in [-0.05, 0) is 24.6 Å². The Balaban J connectivity index is 1.96. The maximum atomic E-state index is 5.71. The van der Waals surface area contributed by atoms with Crippen LogP contribution in [0, 0.1) is 6.92 Å². The highest BCUT2D eigenvalue weighted by Crippen LogP contribution is 2.22. The third kappa shape index (κ3) is 2.76. The smallest absolute Gasteiger partial charge is 0.0847 e. The molecule has 2 heterocycles. The van der Waals surface area contributed by atoms with Crippen molar-refractivity contribution < 1.29 is 0 Å². The van der Waals surface area contributed by atoms with Crippen molar-refractivity contribution in [3.05, 3.63) is 53.5 Å². The molecular weight excluding hydrogens is 264 g/mol. The van der Waals surface area contributed by atoms with Gasteiger partial charge in [-0.15, -0.1) is 5.10 Å². The Kier molecular flexibility index (Phi) is 3.64. The van der Waals surface area contributed by atoms with Gasteiger partial charge in [-0.1, -0.05) is 23.4 Å². The molecule has 0 amide bonds. The number of aryl methyl sites for hydroxylation is 2. The first kappa shape index (κ1) is 13.7. The average molecular weight is 282 g/mol. The maximum Gasteiger partial charge on any atom is 0.0847 e. The van der Waals surface area contributed by atoms with Gasteiger partial charge in [-0.3, -0.25) is 20.9 Å². The zero-order chi connectivity index (χ0) is 14.8. The molecule has 1 atom stereocenters. The number of fused-ring (bicyclic) bond motifs is 1. The van der Waals surface area contributed by atoms with Gasteiger partial charge >= 0.3 is 0 Å². The lowest BCUT2D eigenvalue weighted by molar-refractivity contribution is 0.533. The first-order chi connectivity index (χ1) is 10.2. The monoisotopic (exact) mass is 282 g/mol. The van der Waals surface area contributed by atoms with Gasteiger partial charge in [0, 0.05) is 25.1 Å². The summed E-state index contributed by atoms with van der Waals surface area (Å²) in [5, 5.41) is 9.21. The Morgan fingerprint density at radius 1 is 1.33 bits per heavy atom. The molecule has 3 N–H and O–H groups in total. The predicted octanol–water partition coefficient (Wildman–Crippen LogP) is 1.42. The van der Waals surface area contributed by atoms with E-state index in [1.54, 1.807) is 4.68 Å². The van der Waals surface area contributed by atoms with Gasteiger partial charge in [0.15, 0.2) is 0 Å². The van der Waals surface area contributed by atoms with Crippen molar-refractivity contribution >= 4 is 10.9 Å². The molecule has 2 aromatic heterocycles. The number of hydrazine groups is 1. The van der Waals surface area contributed by atoms with Gasteiger partial charge in [0.25, 0.3) is 0 Å². The Labute approximate surface area is 123 Å². The molecule has 0 aliphatic carbocycles. The van der Waals surface area contributed by atoms with Crippen molar-refractivity contribution in [1.82, 2.24) is 25.4 Å². The Morgan fingerprint density at radius 2 is 2.14 bits per heavy atom. The van der Waals surface area contributed by atoms with Gasteiger partial charge in [0.05, 0.1) is 22.9 Å². The minimum absolute atomic E-state index is 0.0926. The number of nitrogens with one attached hydrogen (secondary N) is 1. The second kappa shape index (κ2) is 5.59. The van der Waals surface area contributed by atoms with Crippen molar-refractivity contribution in [3.63, 3.8) is 0 Å². The number of para-hydroxylation sites is 1. The number of hydrogen-bond donors (Lipinski definition) is 2. The molecule has 0 spiro atoms. The summed E-state index contributed by atoms with van der Waals surface area (Å²) in [5.74, 6) is 5.71. The molecule has 1 unspecified atom stereocenters. The lowest BCUT2D eigenvalue weighted by Crippen LogP contribution is -2.30. The quantitative estimate of drug-likeness (QED) is 0.558. The predicted molar refractivity (Wildman–Crippen MR) is 81.3 cm³/mol. The summed E-state index contributed by atoms with van der Waals surface area (Å²) in [4.78, 5) is 4.71. The van der Waals surface area contributed by atoms with Crippen LogP contribution in [0.5, 0.6) is 0 Å². The number of nitrogens with zero attached hydrogens (tertiary/aromatic N) is 4. The van der Waals surface area contributed by atoms with Crippen LogP contribution in [-0.4, -0.2) is 20.0 Å². The molecule has 3 rings (SSSR count). The molecule has 0 aliphatic heterocycles. The standard InChI is InChI=1S/C15H18N6/c1-10-7-14(17-13-6-4-3-5-12(10)13)15(18-16)8-11-9-21(2)20-19-11/h3-7,9,15,18H,8,16H2,1-2H3. The Morgan fingerprint density at radius 3 is 2.86 bits per heavy atom. The van der Waals surface area contributed by atoms with E-state index in [4.69, 9.17) is 10.8 Å². The fourth-order valence-electron chi connectivity index (χ4n) is 2.50. The second-order valence-corrected chi connectivity index (χ2v) is 5.19. The number of benzene rings is 1. The third-order valence-corrected chi connectivity index (χ3v) is 3.56. The van der Waals surface area contributed by atoms with Crippen LogP contribution in [0.15, 0.2) is 36.5 Å². The number of rotatable bonds is 4. The SMILES string of the molecule is Cc1cc(C(Cc2cn(C)nn2)NN)nc2ccccc12. The zero-order valence-electron chi connectivity index (χ0n) is 12.1. The fourth-order valence-corrected chi connectivity index (χ4v) is 2.50. The molecule has 0 saturated heterocycles. The fraction of sp³-hybridized carbons (Fsp3) is 0.267. The van der Waals surface area contributed by atoms with E-state index in [9.17, 15) is 0 Å². The van der Waals surface area contributed by atoms with Crippen molar-refractivity contribution in [2.45, 2.75) is 19.4 Å². The zero-order valence-corrected chi connectivity index (χ0v) is 12.1. The van der Waals surface area contributed by atoms with Crippen LogP contribution in [-0.2, 0) is 13.5 Å². The highest BCUT2D eigenvalue weighted by Gasteiger charge is 2.15. The number of pyridine rings is 1. The summed E-state index contributed by atoms with van der Waals surface area (Å²) in [6, 6.07) is 10.1. The lowest BCUT2D eigenvalue weighted by atomic mass is 10.0. The van der Waals surface area contributed by atoms with Crippen LogP contribution < -0.4 is 11.3 Å². The van der Waals surface area contributed by atoms with Crippen LogP contribution in [0.4, 0.5) is 0 Å². The van der Waals surface area contributed by atoms with E-state index < -0.39 is 0 Å². The molecule has 108 valence electrons. The molecule has 0 aliphatic rings. The summed E-state index contributed by atoms with van der Waals surface area (Å²) in [6.45, 7) is 2.09. The molecule has 6 nitrogen and oxygen atoms in total. The molecule has 0 fully saturated rings. The van der Waals surface area contributed by atoms with E-state index in [1.165, 1.54) is 5.56 Å². The average Bonchev–Trinajstić information content (AvgIpc) is 2.90. The Hall–Kier alpha value is -2.31. The van der Waals surface area contributed by atoms with Crippen molar-refractivity contribution in [2.75, 3.05) is 0 Å². The van der Waals surface area contributed by atoms with Crippen LogP contribution in [0.1, 0.15) is 23.0 Å². The second-order valence-electron chi connectivity index (χ2n) is 5.19. The summed E-state index contributed by atoms with van der Waals surface area (Å²) < 4.78 is 1.68. The van der Waals surface area contributed by atoms with E-state index in [0.717, 1.165) is 22.3 Å². The lowest BCUT2D eigenvalue weighted by Gasteiger charge is -2.15. The van der Waals surface area contributed by atoms with E-state index in [1.807, 2.05) is 31.4 Å². The molecule has 3 aromatic rings. The molecule has 1 aromatic carbocycles. The molecule has 0 radical (unpaired) electrons. The number of aromatic nitrogens is 4. The summed E-state index contributed by atoms with van der Waals surface area (Å²) >= 11 is 0. The van der Waals surface area contributed by atoms with E-state index in [2.05, 4.69) is 34.8 Å². The first-order valence-electron chi connectivity index (χ1n) is 6.85. The van der Waals surface area contributed by atoms with E-state index in [-0.39, 0.29) is 6.04 Å². The molecular formula is C15H18N6. The summed E-state index contributed by atoms with van der Waals surface area (Å²) in [6.07, 6.45) is 2.54. The highest BCUT2D eigenvalue weighted by molar-refractivity contribution is 5.82. The van der Waals surface area contributed by atoms with Crippen LogP contribution in [0.2, 0.25) is 0 Å². The van der Waals surface area contributed by atoms with Gasteiger partial charge in [0.1, 0.15) is 0 Å². The molecule has 6 heteroatoms. The third-order valence-electron chi connectivity index (χ3n) is 3.56. The topological polar surface area (TPSA) is 81.7 Å². The number of nitrogens with two attached hydrogens (primary N) is 1. The van der Waals surface area contributed by atoms with Crippen molar-refractivity contribution in [3.8, 4) is 0 Å². The van der Waals surface area contributed by atoms with Gasteiger partial charge in [-0.25, -0.2) is 0 Å². The van der Waals surface area contributed by atoms with E-state index in [0.29, 0.717) is 6.42 Å². The summed E-state index contributed by atoms with van der Waals surface area (Å²) in [5.41, 5.74) is 6.80. The molecule has 21 heavy (non-hydrogen) atoms. The summed E-state index contributed by atoms with van der Waals surface area (Å²) in [7, 11) is 1.85. The maximum absolute atomic E-state index is 5.71. The van der Waals surface area contributed by atoms with Crippen LogP contribution >= 0.6 is 0 Å². The van der Waals surface area contributed by atoms with Gasteiger partial charge in [0.2, 0.25) is 0 Å². The minimum atomic E-state index is -0.0926. The van der Waals surface area contributed by atoms with Crippen LogP contribution in [0.3, 0.4) is 0 Å². The van der Waals surface area contributed by atoms with Gasteiger partial charge in [-0.2, -0.15) is 0 Å². The van der Waals surface area contributed by atoms with Crippen molar-refractivity contribution in [2.24, 2.45) is 12.9 Å². The first-order valence-corrected chi connectivity index (χ1v) is 6.85. The van der Waals surface area contributed by atoms with Gasteiger partial charge < -0.3 is 0 Å². The number of hydrogen-bond acceptors (Lipinski definition) is 5. The Bertz CT molecular complexity index is 764.